The summed E-state index contributed by atoms with van der Waals surface area (Å²) >= 11 is 0. The van der Waals surface area contributed by atoms with Crippen LogP contribution in [0.3, 0.4) is 0 Å². The third-order valence-corrected chi connectivity index (χ3v) is 3.86. The van der Waals surface area contributed by atoms with E-state index in [9.17, 15) is 4.79 Å². The van der Waals surface area contributed by atoms with Crippen molar-refractivity contribution in [3.63, 3.8) is 0 Å². The number of piperazine rings is 1. The standard InChI is InChI=1S/C13H22N4O2/c1-12(10-14)16-4-2-15(3-5-16)11-13(18)17-6-8-19-9-7-17/h12H,2-9,11H2,1H3. The molecule has 0 aromatic rings. The second kappa shape index (κ2) is 6.85. The topological polar surface area (TPSA) is 59.8 Å². The van der Waals surface area contributed by atoms with E-state index in [4.69, 9.17) is 10.00 Å². The predicted molar refractivity (Wildman–Crippen MR) is 70.5 cm³/mol. The van der Waals surface area contributed by atoms with Gasteiger partial charge in [-0.2, -0.15) is 5.26 Å². The maximum atomic E-state index is 12.1. The molecule has 1 unspecified atom stereocenters. The van der Waals surface area contributed by atoms with Crippen molar-refractivity contribution in [3.05, 3.63) is 0 Å². The van der Waals surface area contributed by atoms with Crippen molar-refractivity contribution >= 4 is 5.91 Å². The smallest absolute Gasteiger partial charge is 0.236 e. The molecule has 0 saturated carbocycles. The van der Waals surface area contributed by atoms with E-state index in [0.717, 1.165) is 26.2 Å². The fraction of sp³-hybridized carbons (Fsp3) is 0.846. The zero-order valence-electron chi connectivity index (χ0n) is 11.5. The predicted octanol–water partition coefficient (Wildman–Crippen LogP) is -0.625. The number of carbonyl (C=O) groups is 1. The first kappa shape index (κ1) is 14.3. The van der Waals surface area contributed by atoms with Crippen LogP contribution in [-0.2, 0) is 9.53 Å². The summed E-state index contributed by atoms with van der Waals surface area (Å²) in [6.07, 6.45) is 0. The normalized spacial score (nSPS) is 23.9. The second-order valence-electron chi connectivity index (χ2n) is 5.11. The molecule has 0 aromatic carbocycles. The van der Waals surface area contributed by atoms with Crippen LogP contribution in [0, 0.1) is 11.3 Å². The number of ether oxygens (including phenoxy) is 1. The first-order valence-corrected chi connectivity index (χ1v) is 6.92. The van der Waals surface area contributed by atoms with Crippen molar-refractivity contribution in [2.24, 2.45) is 0 Å². The van der Waals surface area contributed by atoms with Crippen LogP contribution < -0.4 is 0 Å². The number of nitriles is 1. The molecule has 6 nitrogen and oxygen atoms in total. The van der Waals surface area contributed by atoms with Crippen molar-refractivity contribution in [2.45, 2.75) is 13.0 Å². The van der Waals surface area contributed by atoms with Gasteiger partial charge in [0.1, 0.15) is 0 Å². The highest BCUT2D eigenvalue weighted by molar-refractivity contribution is 5.78. The quantitative estimate of drug-likeness (QED) is 0.681. The van der Waals surface area contributed by atoms with Crippen LogP contribution in [-0.4, -0.2) is 85.7 Å². The molecule has 2 fully saturated rings. The van der Waals surface area contributed by atoms with Crippen molar-refractivity contribution in [1.82, 2.24) is 14.7 Å². The first-order valence-electron chi connectivity index (χ1n) is 6.92. The van der Waals surface area contributed by atoms with Crippen LogP contribution in [0.5, 0.6) is 0 Å². The molecule has 0 bridgehead atoms. The number of rotatable bonds is 3. The van der Waals surface area contributed by atoms with Crippen LogP contribution in [0.4, 0.5) is 0 Å². The van der Waals surface area contributed by atoms with Gasteiger partial charge in [-0.05, 0) is 6.92 Å². The molecular formula is C13H22N4O2. The summed E-state index contributed by atoms with van der Waals surface area (Å²) in [4.78, 5) is 18.3. The molecular weight excluding hydrogens is 244 g/mol. The molecule has 1 amide bonds. The van der Waals surface area contributed by atoms with E-state index in [1.165, 1.54) is 0 Å². The molecule has 106 valence electrons. The Morgan fingerprint density at radius 3 is 2.42 bits per heavy atom. The molecule has 0 aromatic heterocycles. The maximum Gasteiger partial charge on any atom is 0.236 e. The van der Waals surface area contributed by atoms with Crippen LogP contribution >= 0.6 is 0 Å². The van der Waals surface area contributed by atoms with E-state index >= 15 is 0 Å². The van der Waals surface area contributed by atoms with E-state index in [2.05, 4.69) is 15.9 Å². The van der Waals surface area contributed by atoms with Crippen molar-refractivity contribution < 1.29 is 9.53 Å². The fourth-order valence-electron chi connectivity index (χ4n) is 2.49. The minimum Gasteiger partial charge on any atom is -0.378 e. The minimum atomic E-state index is -0.0305. The number of hydrogen-bond donors (Lipinski definition) is 0. The average molecular weight is 266 g/mol. The fourth-order valence-corrected chi connectivity index (χ4v) is 2.49. The van der Waals surface area contributed by atoms with E-state index in [1.807, 2.05) is 11.8 Å². The molecule has 2 aliphatic heterocycles. The molecule has 2 saturated heterocycles. The lowest BCUT2D eigenvalue weighted by Crippen LogP contribution is -2.53. The lowest BCUT2D eigenvalue weighted by atomic mass is 10.2. The summed E-state index contributed by atoms with van der Waals surface area (Å²) in [5, 5.41) is 8.89. The minimum absolute atomic E-state index is 0.0305. The molecule has 0 spiro atoms. The third-order valence-electron chi connectivity index (χ3n) is 3.86. The van der Waals surface area contributed by atoms with Gasteiger partial charge < -0.3 is 9.64 Å². The summed E-state index contributed by atoms with van der Waals surface area (Å²) in [6.45, 7) is 8.61. The Hall–Kier alpha value is -1.16. The summed E-state index contributed by atoms with van der Waals surface area (Å²) in [5.41, 5.74) is 0. The summed E-state index contributed by atoms with van der Waals surface area (Å²) in [5.74, 6) is 0.199. The third kappa shape index (κ3) is 3.90. The van der Waals surface area contributed by atoms with Crippen LogP contribution in [0.2, 0.25) is 0 Å². The average Bonchev–Trinajstić information content (AvgIpc) is 2.48. The van der Waals surface area contributed by atoms with Gasteiger partial charge in [-0.25, -0.2) is 0 Å². The van der Waals surface area contributed by atoms with Crippen LogP contribution in [0.15, 0.2) is 0 Å². The van der Waals surface area contributed by atoms with Gasteiger partial charge in [-0.3, -0.25) is 14.6 Å². The SMILES string of the molecule is CC(C#N)N1CCN(CC(=O)N2CCOCC2)CC1. The first-order chi connectivity index (χ1) is 9.20. The largest absolute Gasteiger partial charge is 0.378 e. The van der Waals surface area contributed by atoms with Crippen molar-refractivity contribution in [1.29, 1.82) is 5.26 Å². The molecule has 2 heterocycles. The zero-order valence-corrected chi connectivity index (χ0v) is 11.5. The van der Waals surface area contributed by atoms with Gasteiger partial charge >= 0.3 is 0 Å². The number of morpholine rings is 1. The lowest BCUT2D eigenvalue weighted by molar-refractivity contribution is -0.136. The van der Waals surface area contributed by atoms with Crippen LogP contribution in [0.25, 0.3) is 0 Å². The van der Waals surface area contributed by atoms with Gasteiger partial charge in [0.2, 0.25) is 5.91 Å². The highest BCUT2D eigenvalue weighted by Crippen LogP contribution is 2.07. The van der Waals surface area contributed by atoms with Gasteiger partial charge in [0.05, 0.1) is 31.9 Å². The number of nitrogens with zero attached hydrogens (tertiary/aromatic N) is 4. The zero-order chi connectivity index (χ0) is 13.7. The molecule has 1 atom stereocenters. The Morgan fingerprint density at radius 1 is 1.21 bits per heavy atom. The second-order valence-corrected chi connectivity index (χ2v) is 5.11. The van der Waals surface area contributed by atoms with Crippen LogP contribution in [0.1, 0.15) is 6.92 Å². The number of carbonyl (C=O) groups excluding carboxylic acids is 1. The van der Waals surface area contributed by atoms with Gasteiger partial charge in [-0.1, -0.05) is 0 Å². The molecule has 0 N–H and O–H groups in total. The maximum absolute atomic E-state index is 12.1. The summed E-state index contributed by atoms with van der Waals surface area (Å²) in [6, 6.07) is 2.23. The summed E-state index contributed by atoms with van der Waals surface area (Å²) < 4.78 is 5.25. The molecule has 2 aliphatic rings. The van der Waals surface area contributed by atoms with Gasteiger partial charge in [0.25, 0.3) is 0 Å². The van der Waals surface area contributed by atoms with E-state index in [0.29, 0.717) is 32.8 Å². The molecule has 6 heteroatoms. The molecule has 0 radical (unpaired) electrons. The number of hydrogen-bond acceptors (Lipinski definition) is 5. The van der Waals surface area contributed by atoms with E-state index in [-0.39, 0.29) is 11.9 Å². The van der Waals surface area contributed by atoms with E-state index in [1.54, 1.807) is 0 Å². The molecule has 2 rings (SSSR count). The Balaban J connectivity index is 1.73. The molecule has 0 aliphatic carbocycles. The number of amides is 1. The molecule has 19 heavy (non-hydrogen) atoms. The monoisotopic (exact) mass is 266 g/mol. The van der Waals surface area contributed by atoms with Gasteiger partial charge in [0, 0.05) is 39.3 Å². The van der Waals surface area contributed by atoms with Crippen molar-refractivity contribution in [2.75, 3.05) is 59.0 Å². The lowest BCUT2D eigenvalue weighted by Gasteiger charge is -2.36. The highest BCUT2D eigenvalue weighted by atomic mass is 16.5. The Kier molecular flexibility index (Phi) is 5.14. The summed E-state index contributed by atoms with van der Waals surface area (Å²) in [7, 11) is 0. The Morgan fingerprint density at radius 2 is 1.84 bits per heavy atom. The van der Waals surface area contributed by atoms with Gasteiger partial charge in [0.15, 0.2) is 0 Å². The van der Waals surface area contributed by atoms with Crippen molar-refractivity contribution in [3.8, 4) is 6.07 Å². The Bertz CT molecular complexity index is 341. The Labute approximate surface area is 114 Å². The highest BCUT2D eigenvalue weighted by Gasteiger charge is 2.24. The van der Waals surface area contributed by atoms with Gasteiger partial charge in [-0.15, -0.1) is 0 Å². The van der Waals surface area contributed by atoms with E-state index < -0.39 is 0 Å².